The summed E-state index contributed by atoms with van der Waals surface area (Å²) in [5.74, 6) is 1.18. The molecule has 0 saturated carbocycles. The first-order valence-corrected chi connectivity index (χ1v) is 16.2. The fourth-order valence-electron chi connectivity index (χ4n) is 7.11. The third-order valence-electron chi connectivity index (χ3n) is 9.54. The fraction of sp³-hybridized carbons (Fsp3) is 0.531. The van der Waals surface area contributed by atoms with Crippen molar-refractivity contribution in [3.8, 4) is 0 Å². The van der Waals surface area contributed by atoms with Crippen molar-refractivity contribution in [3.05, 3.63) is 68.6 Å². The number of imidazole rings is 1. The van der Waals surface area contributed by atoms with Crippen LogP contribution in [0.1, 0.15) is 50.1 Å². The van der Waals surface area contributed by atoms with E-state index in [2.05, 4.69) is 10.3 Å². The SMILES string of the molecule is O=C(O[C@H](Cc1ccc(Cl)c(Cl)c1)C(=O)N1CCC(C2CCNCC2)CC1)N1CCC(n2c(=O)[nH]c3ccccc32)CC1. The van der Waals surface area contributed by atoms with E-state index in [9.17, 15) is 14.4 Å². The molecule has 4 heterocycles. The van der Waals surface area contributed by atoms with E-state index in [-0.39, 0.29) is 24.1 Å². The Balaban J connectivity index is 1.11. The van der Waals surface area contributed by atoms with Crippen molar-refractivity contribution in [2.45, 2.75) is 57.1 Å². The largest absolute Gasteiger partial charge is 0.436 e. The number of nitrogens with zero attached hydrogens (tertiary/aromatic N) is 3. The minimum atomic E-state index is -0.964. The standard InChI is InChI=1S/C32H39Cl2N5O4/c33-25-6-5-21(19-26(25)34)20-29(30(40)37-15-9-23(10-16-37)22-7-13-35-14-8-22)43-32(42)38-17-11-24(12-18-38)39-28-4-2-1-3-27(28)36-31(39)41/h1-6,19,22-24,29,35H,7-18,20H2,(H,36,41)/t29-/m1/s1. The molecule has 6 rings (SSSR count). The first-order chi connectivity index (χ1) is 20.9. The second kappa shape index (κ2) is 13.3. The van der Waals surface area contributed by atoms with Gasteiger partial charge in [0.1, 0.15) is 0 Å². The van der Waals surface area contributed by atoms with Gasteiger partial charge in [0.25, 0.3) is 5.91 Å². The molecule has 0 spiro atoms. The van der Waals surface area contributed by atoms with Gasteiger partial charge in [0.05, 0.1) is 21.1 Å². The Morgan fingerprint density at radius 3 is 2.26 bits per heavy atom. The zero-order valence-electron chi connectivity index (χ0n) is 24.3. The number of fused-ring (bicyclic) bond motifs is 1. The van der Waals surface area contributed by atoms with Crippen LogP contribution in [0.15, 0.2) is 47.3 Å². The van der Waals surface area contributed by atoms with Gasteiger partial charge in [0, 0.05) is 38.6 Å². The molecule has 3 aliphatic rings. The maximum absolute atomic E-state index is 13.8. The Morgan fingerprint density at radius 2 is 1.53 bits per heavy atom. The summed E-state index contributed by atoms with van der Waals surface area (Å²) in [5.41, 5.74) is 2.31. The average Bonchev–Trinajstić information content (AvgIpc) is 3.38. The number of amides is 2. The molecule has 11 heteroatoms. The lowest BCUT2D eigenvalue weighted by Gasteiger charge is -2.39. The summed E-state index contributed by atoms with van der Waals surface area (Å²) in [6, 6.07) is 12.9. The topological polar surface area (TPSA) is 99.7 Å². The molecule has 0 bridgehead atoms. The van der Waals surface area contributed by atoms with Crippen LogP contribution in [0.3, 0.4) is 0 Å². The summed E-state index contributed by atoms with van der Waals surface area (Å²) >= 11 is 12.4. The predicted molar refractivity (Wildman–Crippen MR) is 168 cm³/mol. The number of ether oxygens (including phenoxy) is 1. The van der Waals surface area contributed by atoms with E-state index < -0.39 is 12.2 Å². The van der Waals surface area contributed by atoms with Crippen molar-refractivity contribution < 1.29 is 14.3 Å². The second-order valence-electron chi connectivity index (χ2n) is 12.1. The van der Waals surface area contributed by atoms with E-state index >= 15 is 0 Å². The quantitative estimate of drug-likeness (QED) is 0.388. The number of para-hydroxylation sites is 2. The third-order valence-corrected chi connectivity index (χ3v) is 10.3. The summed E-state index contributed by atoms with van der Waals surface area (Å²) < 4.78 is 7.77. The number of carbonyl (C=O) groups is 2. The summed E-state index contributed by atoms with van der Waals surface area (Å²) in [5, 5.41) is 4.27. The summed E-state index contributed by atoms with van der Waals surface area (Å²) in [7, 11) is 0. The maximum Gasteiger partial charge on any atom is 0.410 e. The molecule has 3 fully saturated rings. The van der Waals surface area contributed by atoms with Gasteiger partial charge >= 0.3 is 11.8 Å². The number of halogens is 2. The van der Waals surface area contributed by atoms with E-state index in [1.54, 1.807) is 21.6 Å². The highest BCUT2D eigenvalue weighted by atomic mass is 35.5. The van der Waals surface area contributed by atoms with Gasteiger partial charge in [-0.1, -0.05) is 41.4 Å². The van der Waals surface area contributed by atoms with Crippen molar-refractivity contribution in [1.29, 1.82) is 0 Å². The van der Waals surface area contributed by atoms with Gasteiger partial charge in [-0.25, -0.2) is 9.59 Å². The molecule has 0 unspecified atom stereocenters. The minimum absolute atomic E-state index is 0.0254. The molecule has 0 aliphatic carbocycles. The molecular weight excluding hydrogens is 589 g/mol. The van der Waals surface area contributed by atoms with Gasteiger partial charge in [-0.15, -0.1) is 0 Å². The molecule has 3 aromatic rings. The number of nitrogens with one attached hydrogen (secondary N) is 2. The van der Waals surface area contributed by atoms with E-state index in [1.807, 2.05) is 35.2 Å². The van der Waals surface area contributed by atoms with Crippen molar-refractivity contribution in [2.24, 2.45) is 11.8 Å². The van der Waals surface area contributed by atoms with Crippen LogP contribution < -0.4 is 11.0 Å². The van der Waals surface area contributed by atoms with Crippen LogP contribution in [-0.4, -0.2) is 76.7 Å². The number of piperidine rings is 3. The van der Waals surface area contributed by atoms with Crippen molar-refractivity contribution in [2.75, 3.05) is 39.3 Å². The molecule has 2 aromatic carbocycles. The molecule has 230 valence electrons. The number of aromatic nitrogens is 2. The lowest BCUT2D eigenvalue weighted by Crippen LogP contribution is -2.49. The molecule has 2 amide bonds. The van der Waals surface area contributed by atoms with Crippen LogP contribution in [0.5, 0.6) is 0 Å². The Morgan fingerprint density at radius 1 is 0.860 bits per heavy atom. The highest BCUT2D eigenvalue weighted by molar-refractivity contribution is 6.42. The molecule has 1 atom stereocenters. The van der Waals surface area contributed by atoms with Crippen molar-refractivity contribution >= 4 is 46.2 Å². The highest BCUT2D eigenvalue weighted by Crippen LogP contribution is 2.32. The van der Waals surface area contributed by atoms with Crippen LogP contribution in [0.25, 0.3) is 11.0 Å². The summed E-state index contributed by atoms with van der Waals surface area (Å²) in [6.45, 7) is 4.36. The zero-order chi connectivity index (χ0) is 29.9. The van der Waals surface area contributed by atoms with E-state index in [4.69, 9.17) is 27.9 Å². The molecule has 1 aromatic heterocycles. The van der Waals surface area contributed by atoms with Gasteiger partial charge < -0.3 is 24.8 Å². The number of benzene rings is 2. The van der Waals surface area contributed by atoms with Gasteiger partial charge in [0.2, 0.25) is 0 Å². The molecule has 3 saturated heterocycles. The zero-order valence-corrected chi connectivity index (χ0v) is 25.8. The number of rotatable bonds is 6. The van der Waals surface area contributed by atoms with Crippen molar-refractivity contribution in [1.82, 2.24) is 24.7 Å². The highest BCUT2D eigenvalue weighted by Gasteiger charge is 2.35. The van der Waals surface area contributed by atoms with Crippen molar-refractivity contribution in [3.63, 3.8) is 0 Å². The van der Waals surface area contributed by atoms with Gasteiger partial charge in [-0.3, -0.25) is 9.36 Å². The fourth-order valence-corrected chi connectivity index (χ4v) is 7.43. The van der Waals surface area contributed by atoms with Gasteiger partial charge in [0.15, 0.2) is 6.10 Å². The van der Waals surface area contributed by atoms with Crippen LogP contribution in [-0.2, 0) is 16.0 Å². The summed E-state index contributed by atoms with van der Waals surface area (Å²) in [6.07, 6.45) is 4.33. The normalized spacial score (nSPS) is 20.0. The van der Waals surface area contributed by atoms with Gasteiger partial charge in [-0.05, 0) is 93.3 Å². The molecule has 2 N–H and O–H groups in total. The first kappa shape index (κ1) is 30.0. The number of H-pyrrole nitrogens is 1. The number of likely N-dealkylation sites (tertiary alicyclic amines) is 2. The monoisotopic (exact) mass is 627 g/mol. The number of hydrogen-bond donors (Lipinski definition) is 2. The second-order valence-corrected chi connectivity index (χ2v) is 12.9. The lowest BCUT2D eigenvalue weighted by atomic mass is 9.79. The molecule has 3 aliphatic heterocycles. The number of aromatic amines is 1. The Bertz CT molecular complexity index is 1500. The Labute approximate surface area is 261 Å². The predicted octanol–water partition coefficient (Wildman–Crippen LogP) is 5.26. The van der Waals surface area contributed by atoms with Gasteiger partial charge in [-0.2, -0.15) is 0 Å². The Kier molecular flexibility index (Phi) is 9.31. The number of carbonyl (C=O) groups excluding carboxylic acids is 2. The van der Waals surface area contributed by atoms with Crippen LogP contribution in [0.2, 0.25) is 10.0 Å². The van der Waals surface area contributed by atoms with Crippen LogP contribution >= 0.6 is 23.2 Å². The average molecular weight is 629 g/mol. The third kappa shape index (κ3) is 6.74. The van der Waals surface area contributed by atoms with E-state index in [0.717, 1.165) is 42.5 Å². The molecule has 9 nitrogen and oxygen atoms in total. The van der Waals surface area contributed by atoms with Crippen LogP contribution in [0.4, 0.5) is 4.79 Å². The van der Waals surface area contributed by atoms with E-state index in [1.165, 1.54) is 12.8 Å². The summed E-state index contributed by atoms with van der Waals surface area (Å²) in [4.78, 5) is 46.4. The lowest BCUT2D eigenvalue weighted by molar-refractivity contribution is -0.142. The molecular formula is C32H39Cl2N5O4. The molecule has 0 radical (unpaired) electrons. The van der Waals surface area contributed by atoms with E-state index in [0.29, 0.717) is 60.9 Å². The maximum atomic E-state index is 13.8. The van der Waals surface area contributed by atoms with Crippen LogP contribution in [0, 0.1) is 11.8 Å². The molecule has 43 heavy (non-hydrogen) atoms. The smallest absolute Gasteiger partial charge is 0.410 e. The first-order valence-electron chi connectivity index (χ1n) is 15.5. The Hall–Kier alpha value is -3.01. The minimum Gasteiger partial charge on any atom is -0.436 e. The number of hydrogen-bond acceptors (Lipinski definition) is 5.